The number of anilines is 1. The highest BCUT2D eigenvalue weighted by Gasteiger charge is 2.18. The lowest BCUT2D eigenvalue weighted by atomic mass is 10.1. The summed E-state index contributed by atoms with van der Waals surface area (Å²) in [6, 6.07) is 6.14. The molecule has 84 valence electrons. The molecule has 0 saturated carbocycles. The van der Waals surface area contributed by atoms with Crippen molar-refractivity contribution in [3.8, 4) is 6.07 Å². The molecule has 1 fully saturated rings. The third kappa shape index (κ3) is 2.50. The van der Waals surface area contributed by atoms with E-state index in [-0.39, 0.29) is 0 Å². The molecule has 0 amide bonds. The van der Waals surface area contributed by atoms with Crippen molar-refractivity contribution in [3.05, 3.63) is 23.9 Å². The monoisotopic (exact) mass is 216 g/mol. The first-order valence-corrected chi connectivity index (χ1v) is 5.60. The molecule has 4 nitrogen and oxygen atoms in total. The molecule has 0 aliphatic carbocycles. The van der Waals surface area contributed by atoms with Gasteiger partial charge in [0, 0.05) is 18.8 Å². The second-order valence-electron chi connectivity index (χ2n) is 4.26. The highest BCUT2D eigenvalue weighted by Crippen LogP contribution is 2.16. The van der Waals surface area contributed by atoms with E-state index >= 15 is 0 Å². The Labute approximate surface area is 95.9 Å². The summed E-state index contributed by atoms with van der Waals surface area (Å²) in [5, 5.41) is 12.3. The number of nitrogens with one attached hydrogen (secondary N) is 1. The molecule has 1 aliphatic rings. The third-order valence-corrected chi connectivity index (χ3v) is 2.89. The van der Waals surface area contributed by atoms with Gasteiger partial charge in [0.05, 0.1) is 5.56 Å². The number of hydrogen-bond donors (Lipinski definition) is 1. The second kappa shape index (κ2) is 4.95. The van der Waals surface area contributed by atoms with E-state index in [1.54, 1.807) is 18.3 Å². The van der Waals surface area contributed by atoms with Gasteiger partial charge in [0.2, 0.25) is 0 Å². The zero-order valence-electron chi connectivity index (χ0n) is 9.48. The zero-order chi connectivity index (χ0) is 11.4. The number of aromatic nitrogens is 1. The topological polar surface area (TPSA) is 52.0 Å². The van der Waals surface area contributed by atoms with Gasteiger partial charge in [-0.25, -0.2) is 4.98 Å². The van der Waals surface area contributed by atoms with Gasteiger partial charge in [-0.1, -0.05) is 0 Å². The van der Waals surface area contributed by atoms with Gasteiger partial charge in [0.25, 0.3) is 0 Å². The van der Waals surface area contributed by atoms with E-state index < -0.39 is 0 Å². The van der Waals surface area contributed by atoms with E-state index in [1.807, 2.05) is 0 Å². The molecule has 1 aromatic heterocycles. The van der Waals surface area contributed by atoms with Gasteiger partial charge in [0.1, 0.15) is 11.9 Å². The maximum Gasteiger partial charge on any atom is 0.144 e. The molecule has 0 spiro atoms. The van der Waals surface area contributed by atoms with Crippen molar-refractivity contribution >= 4 is 5.82 Å². The molecule has 2 heterocycles. The number of nitriles is 1. The summed E-state index contributed by atoms with van der Waals surface area (Å²) in [5.74, 6) is 0.713. The standard InChI is InChI=1S/C12H16N4/c1-16-7-3-5-11(9-16)15-12-10(8-13)4-2-6-14-12/h2,4,6,11H,3,5,7,9H2,1H3,(H,14,15). The van der Waals surface area contributed by atoms with Crippen LogP contribution in [0.25, 0.3) is 0 Å². The van der Waals surface area contributed by atoms with Crippen LogP contribution in [0.2, 0.25) is 0 Å². The first-order chi connectivity index (χ1) is 7.79. The highest BCUT2D eigenvalue weighted by molar-refractivity contribution is 5.51. The fourth-order valence-corrected chi connectivity index (χ4v) is 2.09. The second-order valence-corrected chi connectivity index (χ2v) is 4.26. The quantitative estimate of drug-likeness (QED) is 0.813. The summed E-state index contributed by atoms with van der Waals surface area (Å²) in [5.41, 5.74) is 0.621. The van der Waals surface area contributed by atoms with Crippen LogP contribution in [-0.2, 0) is 0 Å². The molecule has 16 heavy (non-hydrogen) atoms. The van der Waals surface area contributed by atoms with E-state index in [0.29, 0.717) is 17.4 Å². The molecule has 1 aliphatic heterocycles. The van der Waals surface area contributed by atoms with Crippen LogP contribution in [0.3, 0.4) is 0 Å². The Morgan fingerprint density at radius 3 is 3.25 bits per heavy atom. The number of pyridine rings is 1. The fraction of sp³-hybridized carbons (Fsp3) is 0.500. The first kappa shape index (κ1) is 10.9. The van der Waals surface area contributed by atoms with Crippen LogP contribution in [0.15, 0.2) is 18.3 Å². The molecule has 0 bridgehead atoms. The normalized spacial score (nSPS) is 21.4. The molecular weight excluding hydrogens is 200 g/mol. The molecule has 1 unspecified atom stereocenters. The number of nitrogens with zero attached hydrogens (tertiary/aromatic N) is 3. The maximum atomic E-state index is 8.96. The summed E-state index contributed by atoms with van der Waals surface area (Å²) >= 11 is 0. The maximum absolute atomic E-state index is 8.96. The van der Waals surface area contributed by atoms with Crippen molar-refractivity contribution in [3.63, 3.8) is 0 Å². The molecular formula is C12H16N4. The van der Waals surface area contributed by atoms with Crippen LogP contribution in [0.5, 0.6) is 0 Å². The van der Waals surface area contributed by atoms with Crippen LogP contribution >= 0.6 is 0 Å². The van der Waals surface area contributed by atoms with E-state index in [2.05, 4.69) is 28.3 Å². The summed E-state index contributed by atoms with van der Waals surface area (Å²) < 4.78 is 0. The van der Waals surface area contributed by atoms with Crippen LogP contribution in [-0.4, -0.2) is 36.1 Å². The van der Waals surface area contributed by atoms with Crippen molar-refractivity contribution in [2.24, 2.45) is 0 Å². The van der Waals surface area contributed by atoms with Crippen LogP contribution in [0, 0.1) is 11.3 Å². The molecule has 0 aromatic carbocycles. The van der Waals surface area contributed by atoms with Gasteiger partial charge in [-0.05, 0) is 38.6 Å². The molecule has 0 radical (unpaired) electrons. The largest absolute Gasteiger partial charge is 0.365 e. The molecule has 1 N–H and O–H groups in total. The Hall–Kier alpha value is -1.60. The summed E-state index contributed by atoms with van der Waals surface area (Å²) in [6.07, 6.45) is 4.06. The minimum absolute atomic E-state index is 0.403. The summed E-state index contributed by atoms with van der Waals surface area (Å²) in [6.45, 7) is 2.17. The van der Waals surface area contributed by atoms with Crippen LogP contribution in [0.4, 0.5) is 5.82 Å². The van der Waals surface area contributed by atoms with Gasteiger partial charge >= 0.3 is 0 Å². The Morgan fingerprint density at radius 2 is 2.50 bits per heavy atom. The fourth-order valence-electron chi connectivity index (χ4n) is 2.09. The van der Waals surface area contributed by atoms with Crippen molar-refractivity contribution in [1.29, 1.82) is 5.26 Å². The van der Waals surface area contributed by atoms with Crippen molar-refractivity contribution in [2.75, 3.05) is 25.5 Å². The van der Waals surface area contributed by atoms with Gasteiger partial charge in [-0.3, -0.25) is 0 Å². The number of likely N-dealkylation sites (N-methyl/N-ethyl adjacent to an activating group) is 1. The Kier molecular flexibility index (Phi) is 3.37. The first-order valence-electron chi connectivity index (χ1n) is 5.60. The molecule has 1 atom stereocenters. The zero-order valence-corrected chi connectivity index (χ0v) is 9.48. The van der Waals surface area contributed by atoms with Gasteiger partial charge in [-0.15, -0.1) is 0 Å². The van der Waals surface area contributed by atoms with Gasteiger partial charge in [0.15, 0.2) is 0 Å². The molecule has 4 heteroatoms. The lowest BCUT2D eigenvalue weighted by Gasteiger charge is -2.30. The number of likely N-dealkylation sites (tertiary alicyclic amines) is 1. The third-order valence-electron chi connectivity index (χ3n) is 2.89. The minimum Gasteiger partial charge on any atom is -0.365 e. The molecule has 1 saturated heterocycles. The lowest BCUT2D eigenvalue weighted by Crippen LogP contribution is -2.40. The highest BCUT2D eigenvalue weighted by atomic mass is 15.1. The molecule has 1 aromatic rings. The summed E-state index contributed by atoms with van der Waals surface area (Å²) in [4.78, 5) is 6.52. The predicted octanol–water partition coefficient (Wildman–Crippen LogP) is 1.46. The van der Waals surface area contributed by atoms with Crippen LogP contribution < -0.4 is 5.32 Å². The van der Waals surface area contributed by atoms with Crippen molar-refractivity contribution in [1.82, 2.24) is 9.88 Å². The van der Waals surface area contributed by atoms with Gasteiger partial charge in [-0.2, -0.15) is 5.26 Å². The van der Waals surface area contributed by atoms with Crippen LogP contribution in [0.1, 0.15) is 18.4 Å². The number of hydrogen-bond acceptors (Lipinski definition) is 4. The van der Waals surface area contributed by atoms with Crippen molar-refractivity contribution in [2.45, 2.75) is 18.9 Å². The Bertz CT molecular complexity index is 396. The number of rotatable bonds is 2. The Balaban J connectivity index is 2.06. The van der Waals surface area contributed by atoms with E-state index in [4.69, 9.17) is 5.26 Å². The lowest BCUT2D eigenvalue weighted by molar-refractivity contribution is 0.260. The smallest absolute Gasteiger partial charge is 0.144 e. The van der Waals surface area contributed by atoms with E-state index in [0.717, 1.165) is 19.5 Å². The predicted molar refractivity (Wildman–Crippen MR) is 63.1 cm³/mol. The number of piperidine rings is 1. The summed E-state index contributed by atoms with van der Waals surface area (Å²) in [7, 11) is 2.12. The van der Waals surface area contributed by atoms with Crippen molar-refractivity contribution < 1.29 is 0 Å². The van der Waals surface area contributed by atoms with E-state index in [1.165, 1.54) is 6.42 Å². The average molecular weight is 216 g/mol. The molecule has 2 rings (SSSR count). The minimum atomic E-state index is 0.403. The SMILES string of the molecule is CN1CCCC(Nc2ncccc2C#N)C1. The van der Waals surface area contributed by atoms with E-state index in [9.17, 15) is 0 Å². The Morgan fingerprint density at radius 1 is 1.62 bits per heavy atom. The average Bonchev–Trinajstić information content (AvgIpc) is 2.30. The van der Waals surface area contributed by atoms with Gasteiger partial charge < -0.3 is 10.2 Å².